The van der Waals surface area contributed by atoms with Gasteiger partial charge in [-0.1, -0.05) is 0 Å². The van der Waals surface area contributed by atoms with Gasteiger partial charge in [0.25, 0.3) is 0 Å². The summed E-state index contributed by atoms with van der Waals surface area (Å²) >= 11 is 0. The topological polar surface area (TPSA) is 74.4 Å². The molecule has 1 aromatic rings. The summed E-state index contributed by atoms with van der Waals surface area (Å²) in [6.07, 6.45) is 1.15. The Morgan fingerprint density at radius 3 is 2.72 bits per heavy atom. The predicted octanol–water partition coefficient (Wildman–Crippen LogP) is 0.852. The van der Waals surface area contributed by atoms with Crippen LogP contribution in [0, 0.1) is 17.6 Å². The summed E-state index contributed by atoms with van der Waals surface area (Å²) in [5, 5.41) is 9.19. The summed E-state index contributed by atoms with van der Waals surface area (Å²) in [5.41, 5.74) is 2.09. The highest BCUT2D eigenvalue weighted by molar-refractivity contribution is 5.48. The average Bonchev–Trinajstić information content (AvgIpc) is 2.27. The predicted molar refractivity (Wildman–Crippen MR) is 64.0 cm³/mol. The first-order valence-corrected chi connectivity index (χ1v) is 5.73. The molecule has 0 unspecified atom stereocenters. The lowest BCUT2D eigenvalue weighted by Gasteiger charge is -2.34. The number of nitrogens with zero attached hydrogens (tertiary/aromatic N) is 2. The highest BCUT2D eigenvalue weighted by atomic mass is 19.1. The number of nitrogens with two attached hydrogens (primary N) is 1. The number of aromatic nitrogens is 1. The van der Waals surface area contributed by atoms with Crippen LogP contribution in [0.1, 0.15) is 12.8 Å². The normalized spacial score (nSPS) is 22.5. The number of hydrogen-bond donors (Lipinski definition) is 3. The second-order valence-electron chi connectivity index (χ2n) is 4.64. The first-order chi connectivity index (χ1) is 8.51. The van der Waals surface area contributed by atoms with Gasteiger partial charge in [-0.05, 0) is 18.8 Å². The fourth-order valence-electron chi connectivity index (χ4n) is 2.15. The van der Waals surface area contributed by atoms with Crippen molar-refractivity contribution in [3.05, 3.63) is 17.7 Å². The molecule has 5 nitrogen and oxygen atoms in total. The molecule has 0 saturated heterocycles. The van der Waals surface area contributed by atoms with Crippen molar-refractivity contribution < 1.29 is 13.9 Å². The Balaban J connectivity index is 2.11. The largest absolute Gasteiger partial charge is 0.393 e. The first-order valence-electron chi connectivity index (χ1n) is 5.73. The summed E-state index contributed by atoms with van der Waals surface area (Å²) in [7, 11) is 1.67. The molecule has 2 rings (SSSR count). The van der Waals surface area contributed by atoms with Crippen LogP contribution in [0.4, 0.5) is 20.4 Å². The Bertz CT molecular complexity index is 437. The molecule has 1 saturated carbocycles. The molecule has 0 aliphatic heterocycles. The van der Waals surface area contributed by atoms with Crippen molar-refractivity contribution in [1.82, 2.24) is 4.98 Å². The SMILES string of the molecule is CN(CC1CC(O)C1)c1nc(NN)c(F)cc1F. The van der Waals surface area contributed by atoms with E-state index in [2.05, 4.69) is 10.4 Å². The zero-order valence-corrected chi connectivity index (χ0v) is 10.0. The third-order valence-corrected chi connectivity index (χ3v) is 3.15. The summed E-state index contributed by atoms with van der Waals surface area (Å²) in [6, 6.07) is 0.754. The van der Waals surface area contributed by atoms with E-state index in [0.717, 1.165) is 6.07 Å². The van der Waals surface area contributed by atoms with Crippen molar-refractivity contribution >= 4 is 11.6 Å². The maximum Gasteiger partial charge on any atom is 0.178 e. The lowest BCUT2D eigenvalue weighted by Crippen LogP contribution is -2.37. The lowest BCUT2D eigenvalue weighted by atomic mass is 9.82. The van der Waals surface area contributed by atoms with E-state index >= 15 is 0 Å². The van der Waals surface area contributed by atoms with E-state index in [4.69, 9.17) is 5.84 Å². The van der Waals surface area contributed by atoms with Crippen molar-refractivity contribution in [2.24, 2.45) is 11.8 Å². The summed E-state index contributed by atoms with van der Waals surface area (Å²) < 4.78 is 26.8. The smallest absolute Gasteiger partial charge is 0.178 e. The van der Waals surface area contributed by atoms with Crippen molar-refractivity contribution in [2.45, 2.75) is 18.9 Å². The zero-order chi connectivity index (χ0) is 13.3. The molecule has 0 aromatic carbocycles. The standard InChI is InChI=1S/C11H16F2N4O/c1-17(5-6-2-7(18)3-6)11-9(13)4-8(12)10(15-11)16-14/h4,6-7,18H,2-3,5,14H2,1H3,(H,15,16). The van der Waals surface area contributed by atoms with Gasteiger partial charge in [0, 0.05) is 19.7 Å². The molecule has 1 heterocycles. The number of hydrazine groups is 1. The lowest BCUT2D eigenvalue weighted by molar-refractivity contribution is 0.0464. The number of nitrogen functional groups attached to an aromatic ring is 1. The zero-order valence-electron chi connectivity index (χ0n) is 10.0. The highest BCUT2D eigenvalue weighted by Gasteiger charge is 2.29. The Morgan fingerprint density at radius 1 is 1.50 bits per heavy atom. The average molecular weight is 258 g/mol. The molecular formula is C11H16F2N4O. The van der Waals surface area contributed by atoms with Crippen LogP contribution in [-0.2, 0) is 0 Å². The molecule has 0 spiro atoms. The molecular weight excluding hydrogens is 242 g/mol. The van der Waals surface area contributed by atoms with Crippen molar-refractivity contribution in [1.29, 1.82) is 0 Å². The fraction of sp³-hybridized carbons (Fsp3) is 0.545. The van der Waals surface area contributed by atoms with Gasteiger partial charge in [0.2, 0.25) is 0 Å². The van der Waals surface area contributed by atoms with E-state index in [-0.39, 0.29) is 17.7 Å². The van der Waals surface area contributed by atoms with E-state index in [9.17, 15) is 13.9 Å². The van der Waals surface area contributed by atoms with Gasteiger partial charge in [-0.25, -0.2) is 19.6 Å². The molecule has 18 heavy (non-hydrogen) atoms. The van der Waals surface area contributed by atoms with Gasteiger partial charge >= 0.3 is 0 Å². The second kappa shape index (κ2) is 5.03. The molecule has 100 valence electrons. The Morgan fingerprint density at radius 2 is 2.17 bits per heavy atom. The van der Waals surface area contributed by atoms with E-state index < -0.39 is 11.6 Å². The van der Waals surface area contributed by atoms with Gasteiger partial charge in [0.1, 0.15) is 0 Å². The second-order valence-corrected chi connectivity index (χ2v) is 4.64. The van der Waals surface area contributed by atoms with Crippen LogP contribution in [0.2, 0.25) is 0 Å². The molecule has 1 fully saturated rings. The number of anilines is 2. The highest BCUT2D eigenvalue weighted by Crippen LogP contribution is 2.29. The summed E-state index contributed by atoms with van der Waals surface area (Å²) in [5.74, 6) is 3.71. The van der Waals surface area contributed by atoms with Crippen LogP contribution in [0.25, 0.3) is 0 Å². The number of aliphatic hydroxyl groups is 1. The molecule has 7 heteroatoms. The van der Waals surface area contributed by atoms with Crippen molar-refractivity contribution in [3.63, 3.8) is 0 Å². The quantitative estimate of drug-likeness (QED) is 0.551. The minimum atomic E-state index is -0.828. The van der Waals surface area contributed by atoms with Gasteiger partial charge in [0.15, 0.2) is 23.3 Å². The first kappa shape index (κ1) is 13.0. The monoisotopic (exact) mass is 258 g/mol. The summed E-state index contributed by atoms with van der Waals surface area (Å²) in [6.45, 7) is 0.566. The van der Waals surface area contributed by atoms with Crippen LogP contribution in [0.15, 0.2) is 6.07 Å². The molecule has 1 aliphatic rings. The van der Waals surface area contributed by atoms with E-state index in [1.807, 2.05) is 0 Å². The van der Waals surface area contributed by atoms with Gasteiger partial charge in [-0.15, -0.1) is 0 Å². The maximum atomic E-state index is 13.6. The number of nitrogens with one attached hydrogen (secondary N) is 1. The Hall–Kier alpha value is -1.47. The molecule has 0 radical (unpaired) electrons. The molecule has 4 N–H and O–H groups in total. The van der Waals surface area contributed by atoms with Gasteiger partial charge < -0.3 is 15.4 Å². The van der Waals surface area contributed by atoms with Gasteiger partial charge in [-0.3, -0.25) is 0 Å². The number of hydrogen-bond acceptors (Lipinski definition) is 5. The van der Waals surface area contributed by atoms with E-state index in [0.29, 0.717) is 25.3 Å². The molecule has 0 atom stereocenters. The third-order valence-electron chi connectivity index (χ3n) is 3.15. The van der Waals surface area contributed by atoms with E-state index in [1.165, 1.54) is 0 Å². The van der Waals surface area contributed by atoms with Crippen LogP contribution < -0.4 is 16.2 Å². The maximum absolute atomic E-state index is 13.6. The van der Waals surface area contributed by atoms with Crippen LogP contribution in [0.5, 0.6) is 0 Å². The van der Waals surface area contributed by atoms with Crippen LogP contribution in [0.3, 0.4) is 0 Å². The molecule has 0 amide bonds. The third kappa shape index (κ3) is 2.51. The van der Waals surface area contributed by atoms with Crippen molar-refractivity contribution in [3.8, 4) is 0 Å². The Labute approximate surface area is 104 Å². The van der Waals surface area contributed by atoms with E-state index in [1.54, 1.807) is 11.9 Å². The minimum Gasteiger partial charge on any atom is -0.393 e. The van der Waals surface area contributed by atoms with Crippen LogP contribution in [-0.4, -0.2) is 29.8 Å². The van der Waals surface area contributed by atoms with Gasteiger partial charge in [0.05, 0.1) is 6.10 Å². The van der Waals surface area contributed by atoms with Crippen molar-refractivity contribution in [2.75, 3.05) is 23.9 Å². The molecule has 0 bridgehead atoms. The Kier molecular flexibility index (Phi) is 3.63. The summed E-state index contributed by atoms with van der Waals surface area (Å²) in [4.78, 5) is 5.40. The van der Waals surface area contributed by atoms with Crippen LogP contribution >= 0.6 is 0 Å². The fourth-order valence-corrected chi connectivity index (χ4v) is 2.15. The molecule has 1 aliphatic carbocycles. The minimum absolute atomic E-state index is 0.0470. The number of aliphatic hydroxyl groups excluding tert-OH is 1. The number of halogens is 2. The number of pyridine rings is 1. The number of rotatable bonds is 4. The molecule has 1 aromatic heterocycles. The van der Waals surface area contributed by atoms with Gasteiger partial charge in [-0.2, -0.15) is 0 Å².